The van der Waals surface area contributed by atoms with Gasteiger partial charge in [-0.1, -0.05) is 0 Å². The number of carboxylic acids is 1. The number of nitrogens with zero attached hydrogens (tertiary/aromatic N) is 1. The predicted octanol–water partition coefficient (Wildman–Crippen LogP) is 1.44. The highest BCUT2D eigenvalue weighted by Crippen LogP contribution is 2.24. The Morgan fingerprint density at radius 1 is 1.57 bits per heavy atom. The Labute approximate surface area is 76.2 Å². The van der Waals surface area contributed by atoms with Crippen molar-refractivity contribution < 1.29 is 23.1 Å². The molecule has 0 fully saturated rings. The van der Waals surface area contributed by atoms with E-state index in [1.165, 1.54) is 0 Å². The van der Waals surface area contributed by atoms with Gasteiger partial charge in [-0.3, -0.25) is 0 Å². The van der Waals surface area contributed by atoms with Crippen LogP contribution in [-0.2, 0) is 0 Å². The van der Waals surface area contributed by atoms with E-state index in [4.69, 9.17) is 10.8 Å². The first kappa shape index (κ1) is 10.3. The van der Waals surface area contributed by atoms with E-state index >= 15 is 0 Å². The Balaban J connectivity index is 3.34. The third-order valence-corrected chi connectivity index (χ3v) is 1.45. The minimum absolute atomic E-state index is 0.512. The number of hydrogen-bond acceptors (Lipinski definition) is 3. The Bertz CT molecular complexity index is 381. The quantitative estimate of drug-likeness (QED) is 0.767. The summed E-state index contributed by atoms with van der Waals surface area (Å²) in [4.78, 5) is 13.2. The number of alkyl halides is 2. The van der Waals surface area contributed by atoms with E-state index in [2.05, 4.69) is 4.98 Å². The van der Waals surface area contributed by atoms with E-state index in [0.717, 1.165) is 0 Å². The number of aromatic carboxylic acids is 1. The minimum atomic E-state index is -3.03. The smallest absolute Gasteiger partial charge is 0.357 e. The summed E-state index contributed by atoms with van der Waals surface area (Å²) < 4.78 is 37.1. The molecule has 1 aromatic rings. The summed E-state index contributed by atoms with van der Waals surface area (Å²) in [5.41, 5.74) is 2.46. The molecule has 76 valence electrons. The maximum atomic E-state index is 12.8. The number of halogens is 3. The monoisotopic (exact) mass is 206 g/mol. The topological polar surface area (TPSA) is 76.2 Å². The Kier molecular flexibility index (Phi) is 2.59. The van der Waals surface area contributed by atoms with E-state index in [1.54, 1.807) is 0 Å². The van der Waals surface area contributed by atoms with Gasteiger partial charge in [0.15, 0.2) is 11.5 Å². The zero-order valence-corrected chi connectivity index (χ0v) is 6.67. The van der Waals surface area contributed by atoms with E-state index in [1.807, 2.05) is 0 Å². The maximum Gasteiger partial charge on any atom is 0.357 e. The van der Waals surface area contributed by atoms with Gasteiger partial charge in [0, 0.05) is 6.07 Å². The molecule has 0 amide bonds. The third-order valence-electron chi connectivity index (χ3n) is 1.45. The Morgan fingerprint density at radius 3 is 2.57 bits per heavy atom. The third kappa shape index (κ3) is 1.76. The number of carbonyl (C=O) groups is 1. The van der Waals surface area contributed by atoms with Gasteiger partial charge in [-0.25, -0.2) is 22.9 Å². The lowest BCUT2D eigenvalue weighted by molar-refractivity contribution is 0.0683. The number of rotatable bonds is 2. The van der Waals surface area contributed by atoms with Crippen LogP contribution < -0.4 is 5.73 Å². The van der Waals surface area contributed by atoms with Gasteiger partial charge in [-0.05, 0) is 0 Å². The zero-order valence-electron chi connectivity index (χ0n) is 6.67. The lowest BCUT2D eigenvalue weighted by Crippen LogP contribution is -2.09. The molecular weight excluding hydrogens is 201 g/mol. The molecule has 0 unspecified atom stereocenters. The molecule has 0 aliphatic rings. The fraction of sp³-hybridized carbons (Fsp3) is 0.143. The molecular formula is C7H5F3N2O2. The number of hydrogen-bond donors (Lipinski definition) is 2. The second kappa shape index (κ2) is 3.52. The molecule has 1 aromatic heterocycles. The van der Waals surface area contributed by atoms with Crippen molar-refractivity contribution in [2.75, 3.05) is 5.73 Å². The SMILES string of the molecule is Nc1cc(F)c(C(=O)O)nc1C(F)F. The molecule has 0 aliphatic heterocycles. The number of carboxylic acid groups (broad SMARTS) is 1. The number of nitrogen functional groups attached to an aromatic ring is 1. The predicted molar refractivity (Wildman–Crippen MR) is 40.5 cm³/mol. The molecule has 0 aromatic carbocycles. The summed E-state index contributed by atoms with van der Waals surface area (Å²) in [5, 5.41) is 8.37. The highest BCUT2D eigenvalue weighted by atomic mass is 19.3. The number of anilines is 1. The lowest BCUT2D eigenvalue weighted by Gasteiger charge is -2.05. The van der Waals surface area contributed by atoms with Crippen LogP contribution in [0.3, 0.4) is 0 Å². The van der Waals surface area contributed by atoms with Crippen LogP contribution in [0.2, 0.25) is 0 Å². The molecule has 1 heterocycles. The molecule has 0 saturated heterocycles. The van der Waals surface area contributed by atoms with Crippen molar-refractivity contribution in [3.05, 3.63) is 23.3 Å². The van der Waals surface area contributed by atoms with Gasteiger partial charge in [-0.2, -0.15) is 0 Å². The molecule has 14 heavy (non-hydrogen) atoms. The van der Waals surface area contributed by atoms with Crippen molar-refractivity contribution >= 4 is 11.7 Å². The van der Waals surface area contributed by atoms with Crippen LogP contribution in [0.15, 0.2) is 6.07 Å². The fourth-order valence-electron chi connectivity index (χ4n) is 0.842. The van der Waals surface area contributed by atoms with Gasteiger partial charge in [0.1, 0.15) is 5.69 Å². The second-order valence-electron chi connectivity index (χ2n) is 2.40. The second-order valence-corrected chi connectivity index (χ2v) is 2.40. The molecule has 0 atom stereocenters. The molecule has 3 N–H and O–H groups in total. The van der Waals surface area contributed by atoms with E-state index in [9.17, 15) is 18.0 Å². The van der Waals surface area contributed by atoms with Gasteiger partial charge in [-0.15, -0.1) is 0 Å². The van der Waals surface area contributed by atoms with Gasteiger partial charge in [0.2, 0.25) is 0 Å². The van der Waals surface area contributed by atoms with Crippen molar-refractivity contribution in [2.45, 2.75) is 6.43 Å². The van der Waals surface area contributed by atoms with Crippen LogP contribution in [-0.4, -0.2) is 16.1 Å². The average Bonchev–Trinajstić information content (AvgIpc) is 2.02. The van der Waals surface area contributed by atoms with Crippen molar-refractivity contribution in [1.29, 1.82) is 0 Å². The van der Waals surface area contributed by atoms with Gasteiger partial charge < -0.3 is 10.8 Å². The fourth-order valence-corrected chi connectivity index (χ4v) is 0.842. The molecule has 0 radical (unpaired) electrons. The standard InChI is InChI=1S/C7H5F3N2O2/c8-2-1-3(11)5(6(9)10)12-4(2)7(13)14/h1,6H,11H2,(H,13,14). The van der Waals surface area contributed by atoms with Crippen LogP contribution in [0, 0.1) is 5.82 Å². The molecule has 0 bridgehead atoms. The number of nitrogens with two attached hydrogens (primary N) is 1. The van der Waals surface area contributed by atoms with Crippen molar-refractivity contribution in [1.82, 2.24) is 4.98 Å². The van der Waals surface area contributed by atoms with Crippen LogP contribution >= 0.6 is 0 Å². The van der Waals surface area contributed by atoms with Gasteiger partial charge >= 0.3 is 5.97 Å². The van der Waals surface area contributed by atoms with E-state index in [-0.39, 0.29) is 0 Å². The largest absolute Gasteiger partial charge is 0.476 e. The molecule has 0 aliphatic carbocycles. The van der Waals surface area contributed by atoms with Crippen molar-refractivity contribution in [2.24, 2.45) is 0 Å². The molecule has 4 nitrogen and oxygen atoms in total. The van der Waals surface area contributed by atoms with Crippen LogP contribution in [0.4, 0.5) is 18.9 Å². The molecule has 1 rings (SSSR count). The Morgan fingerprint density at radius 2 is 2.14 bits per heavy atom. The van der Waals surface area contributed by atoms with E-state index < -0.39 is 35.3 Å². The minimum Gasteiger partial charge on any atom is -0.476 e. The first-order chi connectivity index (χ1) is 6.43. The van der Waals surface area contributed by atoms with Crippen LogP contribution in [0.25, 0.3) is 0 Å². The summed E-state index contributed by atoms with van der Waals surface area (Å²) in [6.45, 7) is 0. The normalized spacial score (nSPS) is 10.6. The first-order valence-corrected chi connectivity index (χ1v) is 3.41. The lowest BCUT2D eigenvalue weighted by atomic mass is 10.2. The first-order valence-electron chi connectivity index (χ1n) is 3.41. The molecule has 0 saturated carbocycles. The summed E-state index contributed by atoms with van der Waals surface area (Å²) in [7, 11) is 0. The molecule has 7 heteroatoms. The summed E-state index contributed by atoms with van der Waals surface area (Å²) in [5.74, 6) is -2.95. The highest BCUT2D eigenvalue weighted by molar-refractivity contribution is 5.86. The average molecular weight is 206 g/mol. The van der Waals surface area contributed by atoms with Gasteiger partial charge in [0.05, 0.1) is 5.69 Å². The zero-order chi connectivity index (χ0) is 10.9. The van der Waals surface area contributed by atoms with Crippen molar-refractivity contribution in [3.63, 3.8) is 0 Å². The summed E-state index contributed by atoms with van der Waals surface area (Å²) in [6.07, 6.45) is -3.03. The Hall–Kier alpha value is -1.79. The van der Waals surface area contributed by atoms with E-state index in [0.29, 0.717) is 6.07 Å². The summed E-state index contributed by atoms with van der Waals surface area (Å²) >= 11 is 0. The van der Waals surface area contributed by atoms with Crippen molar-refractivity contribution in [3.8, 4) is 0 Å². The number of aromatic nitrogens is 1. The molecule has 0 spiro atoms. The number of pyridine rings is 1. The van der Waals surface area contributed by atoms with Crippen LogP contribution in [0.5, 0.6) is 0 Å². The van der Waals surface area contributed by atoms with Crippen LogP contribution in [0.1, 0.15) is 22.6 Å². The maximum absolute atomic E-state index is 12.8. The summed E-state index contributed by atoms with van der Waals surface area (Å²) in [6, 6.07) is 0.512. The highest BCUT2D eigenvalue weighted by Gasteiger charge is 2.20. The van der Waals surface area contributed by atoms with Gasteiger partial charge in [0.25, 0.3) is 6.43 Å².